The predicted octanol–water partition coefficient (Wildman–Crippen LogP) is -1.49. The molecule has 0 aliphatic heterocycles. The van der Waals surface area contributed by atoms with Crippen molar-refractivity contribution in [2.24, 2.45) is 12.8 Å². The highest BCUT2D eigenvalue weighted by atomic mass is 16.2. The molecule has 2 aromatic rings. The lowest BCUT2D eigenvalue weighted by molar-refractivity contribution is -0.118. The van der Waals surface area contributed by atoms with Gasteiger partial charge in [-0.1, -0.05) is 0 Å². The number of aromatic nitrogens is 3. The van der Waals surface area contributed by atoms with Gasteiger partial charge in [0.1, 0.15) is 12.1 Å². The molecule has 0 bridgehead atoms. The van der Waals surface area contributed by atoms with Crippen LogP contribution in [0.1, 0.15) is 0 Å². The van der Waals surface area contributed by atoms with Gasteiger partial charge in [-0.15, -0.1) is 0 Å². The fraction of sp³-hybridized carbons (Fsp3) is 0.222. The van der Waals surface area contributed by atoms with Gasteiger partial charge in [0.2, 0.25) is 5.91 Å². The van der Waals surface area contributed by atoms with Crippen molar-refractivity contribution in [2.45, 2.75) is 6.54 Å². The second kappa shape index (κ2) is 3.37. The van der Waals surface area contributed by atoms with E-state index in [1.807, 2.05) is 0 Å². The number of H-pyrrole nitrogens is 1. The van der Waals surface area contributed by atoms with E-state index in [9.17, 15) is 14.4 Å². The van der Waals surface area contributed by atoms with Gasteiger partial charge in [-0.3, -0.25) is 14.2 Å². The topological polar surface area (TPSA) is 103 Å². The Balaban J connectivity index is 2.81. The lowest BCUT2D eigenvalue weighted by Gasteiger charge is -2.02. The Bertz CT molecular complexity index is 676. The first-order valence-electron chi connectivity index (χ1n) is 4.57. The zero-order chi connectivity index (χ0) is 11.9. The summed E-state index contributed by atoms with van der Waals surface area (Å²) in [6.07, 6.45) is 1.53. The molecule has 0 aliphatic rings. The van der Waals surface area contributed by atoms with Gasteiger partial charge in [-0.25, -0.2) is 4.79 Å². The maximum Gasteiger partial charge on any atom is 0.328 e. The number of nitrogens with two attached hydrogens (primary N) is 1. The van der Waals surface area contributed by atoms with E-state index in [4.69, 9.17) is 5.73 Å². The molecule has 0 aliphatic carbocycles. The first-order valence-corrected chi connectivity index (χ1v) is 4.57. The zero-order valence-electron chi connectivity index (χ0n) is 8.56. The van der Waals surface area contributed by atoms with Crippen molar-refractivity contribution >= 4 is 16.9 Å². The van der Waals surface area contributed by atoms with Crippen LogP contribution in [-0.2, 0) is 18.4 Å². The predicted molar refractivity (Wildman–Crippen MR) is 57.0 cm³/mol. The third-order valence-corrected chi connectivity index (χ3v) is 2.34. The van der Waals surface area contributed by atoms with Gasteiger partial charge in [-0.05, 0) is 6.07 Å². The standard InChI is InChI=1S/C9H10N4O3/c1-12-8(15)7-5(11-9(12)16)2-3-13(7)4-6(10)14/h2-3H,4H2,1H3,(H2,10,14)(H,11,16). The van der Waals surface area contributed by atoms with Gasteiger partial charge < -0.3 is 15.3 Å². The summed E-state index contributed by atoms with van der Waals surface area (Å²) in [6.45, 7) is -0.0925. The van der Waals surface area contributed by atoms with Crippen molar-refractivity contribution in [3.8, 4) is 0 Å². The van der Waals surface area contributed by atoms with E-state index in [0.717, 1.165) is 4.57 Å². The summed E-state index contributed by atoms with van der Waals surface area (Å²) < 4.78 is 2.36. The number of carbonyl (C=O) groups is 1. The van der Waals surface area contributed by atoms with Crippen LogP contribution in [0.5, 0.6) is 0 Å². The van der Waals surface area contributed by atoms with Crippen LogP contribution in [0.25, 0.3) is 11.0 Å². The molecule has 7 heteroatoms. The van der Waals surface area contributed by atoms with Crippen LogP contribution in [0.15, 0.2) is 21.9 Å². The maximum absolute atomic E-state index is 11.8. The van der Waals surface area contributed by atoms with Crippen LogP contribution in [0, 0.1) is 0 Å². The molecule has 2 aromatic heterocycles. The van der Waals surface area contributed by atoms with Gasteiger partial charge in [0.05, 0.1) is 5.52 Å². The number of carbonyl (C=O) groups excluding carboxylic acids is 1. The molecule has 0 radical (unpaired) electrons. The largest absolute Gasteiger partial charge is 0.368 e. The molecule has 3 N–H and O–H groups in total. The first-order chi connectivity index (χ1) is 7.50. The fourth-order valence-electron chi connectivity index (χ4n) is 1.56. The second-order valence-electron chi connectivity index (χ2n) is 3.47. The Morgan fingerprint density at radius 1 is 1.50 bits per heavy atom. The molecule has 0 unspecified atom stereocenters. The van der Waals surface area contributed by atoms with Crippen LogP contribution >= 0.6 is 0 Å². The number of primary amides is 1. The normalized spacial score (nSPS) is 10.8. The van der Waals surface area contributed by atoms with Gasteiger partial charge >= 0.3 is 5.69 Å². The van der Waals surface area contributed by atoms with Gasteiger partial charge in [0.25, 0.3) is 5.56 Å². The molecule has 0 aromatic carbocycles. The van der Waals surface area contributed by atoms with E-state index in [-0.39, 0.29) is 12.1 Å². The summed E-state index contributed by atoms with van der Waals surface area (Å²) in [6, 6.07) is 1.56. The smallest absolute Gasteiger partial charge is 0.328 e. The summed E-state index contributed by atoms with van der Waals surface area (Å²) in [4.78, 5) is 36.4. The van der Waals surface area contributed by atoms with E-state index >= 15 is 0 Å². The lowest BCUT2D eigenvalue weighted by atomic mass is 10.4. The van der Waals surface area contributed by atoms with E-state index in [2.05, 4.69) is 4.98 Å². The third kappa shape index (κ3) is 1.42. The number of amides is 1. The minimum absolute atomic E-state index is 0.0925. The number of hydrogen-bond donors (Lipinski definition) is 2. The van der Waals surface area contributed by atoms with Gasteiger partial charge in [0.15, 0.2) is 0 Å². The molecule has 2 heterocycles. The number of nitrogens with zero attached hydrogens (tertiary/aromatic N) is 2. The number of aromatic amines is 1. The first kappa shape index (κ1) is 10.2. The maximum atomic E-state index is 11.8. The van der Waals surface area contributed by atoms with E-state index in [0.29, 0.717) is 5.52 Å². The molecule has 84 valence electrons. The Hall–Kier alpha value is -2.31. The second-order valence-corrected chi connectivity index (χ2v) is 3.47. The van der Waals surface area contributed by atoms with Crippen LogP contribution in [0.3, 0.4) is 0 Å². The van der Waals surface area contributed by atoms with Gasteiger partial charge in [-0.2, -0.15) is 0 Å². The van der Waals surface area contributed by atoms with Crippen molar-refractivity contribution in [1.82, 2.24) is 14.1 Å². The molecule has 0 fully saturated rings. The van der Waals surface area contributed by atoms with Crippen molar-refractivity contribution in [1.29, 1.82) is 0 Å². The molecular weight excluding hydrogens is 212 g/mol. The van der Waals surface area contributed by atoms with Gasteiger partial charge in [0, 0.05) is 13.2 Å². The molecule has 0 atom stereocenters. The molecule has 2 rings (SSSR count). The SMILES string of the molecule is Cn1c(=O)[nH]c2ccn(CC(N)=O)c2c1=O. The van der Waals surface area contributed by atoms with E-state index in [1.165, 1.54) is 17.8 Å². The quantitative estimate of drug-likeness (QED) is 0.647. The number of nitrogens with one attached hydrogen (secondary N) is 1. The number of fused-ring (bicyclic) bond motifs is 1. The molecule has 0 spiro atoms. The molecular formula is C9H10N4O3. The average Bonchev–Trinajstić information content (AvgIpc) is 2.57. The number of hydrogen-bond acceptors (Lipinski definition) is 3. The number of rotatable bonds is 2. The monoisotopic (exact) mass is 222 g/mol. The summed E-state index contributed by atoms with van der Waals surface area (Å²) in [7, 11) is 1.36. The van der Waals surface area contributed by atoms with Crippen molar-refractivity contribution in [3.05, 3.63) is 33.1 Å². The highest BCUT2D eigenvalue weighted by Crippen LogP contribution is 2.06. The summed E-state index contributed by atoms with van der Waals surface area (Å²) >= 11 is 0. The fourth-order valence-corrected chi connectivity index (χ4v) is 1.56. The Morgan fingerprint density at radius 2 is 2.19 bits per heavy atom. The average molecular weight is 222 g/mol. The van der Waals surface area contributed by atoms with Crippen molar-refractivity contribution < 1.29 is 4.79 Å². The molecule has 0 saturated carbocycles. The van der Waals surface area contributed by atoms with Crippen LogP contribution < -0.4 is 17.0 Å². The molecule has 1 amide bonds. The van der Waals surface area contributed by atoms with Crippen molar-refractivity contribution in [3.63, 3.8) is 0 Å². The molecule has 16 heavy (non-hydrogen) atoms. The summed E-state index contributed by atoms with van der Waals surface area (Å²) in [5.41, 5.74) is 4.77. The van der Waals surface area contributed by atoms with Crippen molar-refractivity contribution in [2.75, 3.05) is 0 Å². The highest BCUT2D eigenvalue weighted by molar-refractivity contribution is 5.79. The van der Waals surface area contributed by atoms with Crippen LogP contribution in [-0.4, -0.2) is 20.0 Å². The minimum Gasteiger partial charge on any atom is -0.368 e. The van der Waals surface area contributed by atoms with E-state index in [1.54, 1.807) is 6.07 Å². The Labute approximate surface area is 89.1 Å². The molecule has 7 nitrogen and oxygen atoms in total. The van der Waals surface area contributed by atoms with E-state index < -0.39 is 17.2 Å². The summed E-state index contributed by atoms with van der Waals surface area (Å²) in [5.74, 6) is -0.550. The minimum atomic E-state index is -0.550. The van der Waals surface area contributed by atoms with Crippen LogP contribution in [0.2, 0.25) is 0 Å². The Morgan fingerprint density at radius 3 is 2.81 bits per heavy atom. The molecule has 0 saturated heterocycles. The lowest BCUT2D eigenvalue weighted by Crippen LogP contribution is -2.33. The Kier molecular flexibility index (Phi) is 2.15. The summed E-state index contributed by atoms with van der Waals surface area (Å²) in [5, 5.41) is 0. The third-order valence-electron chi connectivity index (χ3n) is 2.34. The highest BCUT2D eigenvalue weighted by Gasteiger charge is 2.10. The zero-order valence-corrected chi connectivity index (χ0v) is 8.56. The van der Waals surface area contributed by atoms with Crippen LogP contribution in [0.4, 0.5) is 0 Å².